The molecule has 0 bridgehead atoms. The summed E-state index contributed by atoms with van der Waals surface area (Å²) in [7, 11) is 0. The number of hydrogen-bond acceptors (Lipinski definition) is 7. The Balaban J connectivity index is 1.53. The van der Waals surface area contributed by atoms with Crippen LogP contribution in [0.4, 0.5) is 5.69 Å². The molecular weight excluding hydrogens is 344 g/mol. The van der Waals surface area contributed by atoms with Crippen molar-refractivity contribution in [1.29, 1.82) is 0 Å². The summed E-state index contributed by atoms with van der Waals surface area (Å²) < 4.78 is 0. The van der Waals surface area contributed by atoms with Crippen LogP contribution in [-0.2, 0) is 19.5 Å². The second-order valence-electron chi connectivity index (χ2n) is 6.71. The molecule has 0 saturated heterocycles. The van der Waals surface area contributed by atoms with E-state index >= 15 is 0 Å². The van der Waals surface area contributed by atoms with Gasteiger partial charge in [0.2, 0.25) is 0 Å². The van der Waals surface area contributed by atoms with Crippen LogP contribution in [0.3, 0.4) is 0 Å². The minimum absolute atomic E-state index is 0.117. The Bertz CT molecular complexity index is 966. The summed E-state index contributed by atoms with van der Waals surface area (Å²) in [6.45, 7) is 1.74. The van der Waals surface area contributed by atoms with Gasteiger partial charge in [0.15, 0.2) is 5.82 Å². The van der Waals surface area contributed by atoms with Crippen LogP contribution in [-0.4, -0.2) is 36.7 Å². The van der Waals surface area contributed by atoms with Crippen molar-refractivity contribution in [3.05, 3.63) is 59.4 Å². The number of fused-ring (bicyclic) bond motifs is 1. The van der Waals surface area contributed by atoms with E-state index in [0.717, 1.165) is 29.8 Å². The van der Waals surface area contributed by atoms with Crippen molar-refractivity contribution in [3.8, 4) is 28.6 Å². The van der Waals surface area contributed by atoms with Gasteiger partial charge in [0.1, 0.15) is 17.2 Å². The predicted molar refractivity (Wildman–Crippen MR) is 101 cm³/mol. The number of rotatable bonds is 3. The van der Waals surface area contributed by atoms with Gasteiger partial charge < -0.3 is 21.1 Å². The number of nitrogens with two attached hydrogens (primary N) is 1. The summed E-state index contributed by atoms with van der Waals surface area (Å²) in [5.41, 5.74) is 9.79. The number of benzene rings is 2. The third kappa shape index (κ3) is 3.50. The molecule has 2 aromatic carbocycles. The Labute approximate surface area is 156 Å². The lowest BCUT2D eigenvalue weighted by molar-refractivity contribution is 0.236. The Morgan fingerprint density at radius 1 is 1.04 bits per heavy atom. The van der Waals surface area contributed by atoms with Crippen LogP contribution < -0.4 is 5.73 Å². The monoisotopic (exact) mass is 364 g/mol. The highest BCUT2D eigenvalue weighted by molar-refractivity contribution is 5.58. The zero-order valence-electron chi connectivity index (χ0n) is 14.6. The van der Waals surface area contributed by atoms with Crippen LogP contribution in [0.2, 0.25) is 0 Å². The van der Waals surface area contributed by atoms with Gasteiger partial charge in [0, 0.05) is 66.8 Å². The topological polar surface area (TPSA) is 116 Å². The average molecular weight is 364 g/mol. The van der Waals surface area contributed by atoms with Crippen molar-refractivity contribution in [2.75, 3.05) is 12.3 Å². The summed E-state index contributed by atoms with van der Waals surface area (Å²) in [5, 5.41) is 29.4. The molecule has 2 heterocycles. The number of aromatic nitrogens is 2. The molecule has 138 valence electrons. The molecule has 27 heavy (non-hydrogen) atoms. The minimum atomic E-state index is -0.165. The maximum absolute atomic E-state index is 10.00. The molecule has 0 radical (unpaired) electrons. The molecular formula is C20H20N4O3. The molecule has 0 spiro atoms. The third-order valence-corrected chi connectivity index (χ3v) is 4.75. The molecule has 0 fully saturated rings. The van der Waals surface area contributed by atoms with E-state index in [1.807, 2.05) is 30.5 Å². The van der Waals surface area contributed by atoms with Gasteiger partial charge in [0.05, 0.1) is 5.69 Å². The van der Waals surface area contributed by atoms with Crippen molar-refractivity contribution >= 4 is 5.69 Å². The van der Waals surface area contributed by atoms with Gasteiger partial charge >= 0.3 is 0 Å². The first-order valence-electron chi connectivity index (χ1n) is 8.66. The second-order valence-corrected chi connectivity index (χ2v) is 6.71. The SMILES string of the molecule is Nc1ccc(-c2ncc3c(n2)CCN(Cc2c(O)cc(O)cc2O)C3)cc1. The summed E-state index contributed by atoms with van der Waals surface area (Å²) >= 11 is 0. The van der Waals surface area contributed by atoms with Crippen LogP contribution in [0, 0.1) is 0 Å². The van der Waals surface area contributed by atoms with E-state index in [9.17, 15) is 15.3 Å². The van der Waals surface area contributed by atoms with Crippen LogP contribution in [0.15, 0.2) is 42.6 Å². The van der Waals surface area contributed by atoms with Gasteiger partial charge in [-0.3, -0.25) is 4.90 Å². The molecule has 1 aliphatic heterocycles. The number of anilines is 1. The molecule has 0 saturated carbocycles. The van der Waals surface area contributed by atoms with Crippen LogP contribution in [0.1, 0.15) is 16.8 Å². The van der Waals surface area contributed by atoms with Crippen molar-refractivity contribution in [2.45, 2.75) is 19.5 Å². The van der Waals surface area contributed by atoms with Gasteiger partial charge in [-0.1, -0.05) is 0 Å². The Morgan fingerprint density at radius 3 is 2.44 bits per heavy atom. The molecule has 0 atom stereocenters. The molecule has 0 unspecified atom stereocenters. The summed E-state index contributed by atoms with van der Waals surface area (Å²) in [6, 6.07) is 9.93. The third-order valence-electron chi connectivity index (χ3n) is 4.75. The van der Waals surface area contributed by atoms with Crippen molar-refractivity contribution < 1.29 is 15.3 Å². The fourth-order valence-electron chi connectivity index (χ4n) is 3.29. The smallest absolute Gasteiger partial charge is 0.159 e. The first kappa shape index (κ1) is 17.1. The fourth-order valence-corrected chi connectivity index (χ4v) is 3.29. The largest absolute Gasteiger partial charge is 0.508 e. The van der Waals surface area contributed by atoms with Crippen LogP contribution in [0.5, 0.6) is 17.2 Å². The van der Waals surface area contributed by atoms with Gasteiger partial charge in [0.25, 0.3) is 0 Å². The van der Waals surface area contributed by atoms with Crippen molar-refractivity contribution in [1.82, 2.24) is 14.9 Å². The molecule has 0 amide bonds. The number of aromatic hydroxyl groups is 3. The zero-order chi connectivity index (χ0) is 19.0. The highest BCUT2D eigenvalue weighted by Gasteiger charge is 2.21. The quantitative estimate of drug-likeness (QED) is 0.527. The fraction of sp³-hybridized carbons (Fsp3) is 0.200. The standard InChI is InChI=1S/C20H20N4O3/c21-14-3-1-12(2-4-14)20-22-9-13-10-24(6-5-17(13)23-20)11-16-18(26)7-15(25)8-19(16)27/h1-4,7-9,25-27H,5-6,10-11,21H2. The van der Waals surface area contributed by atoms with E-state index in [4.69, 9.17) is 10.7 Å². The second kappa shape index (κ2) is 6.77. The van der Waals surface area contributed by atoms with Gasteiger partial charge in [-0.05, 0) is 24.3 Å². The average Bonchev–Trinajstić information content (AvgIpc) is 2.65. The maximum Gasteiger partial charge on any atom is 0.159 e. The van der Waals surface area contributed by atoms with Crippen LogP contribution in [0.25, 0.3) is 11.4 Å². The van der Waals surface area contributed by atoms with Gasteiger partial charge in [-0.15, -0.1) is 0 Å². The maximum atomic E-state index is 10.00. The number of hydrogen-bond donors (Lipinski definition) is 4. The molecule has 0 aliphatic carbocycles. The Hall–Kier alpha value is -3.32. The summed E-state index contributed by atoms with van der Waals surface area (Å²) in [4.78, 5) is 11.3. The summed E-state index contributed by atoms with van der Waals surface area (Å²) in [5.74, 6) is 0.277. The lowest BCUT2D eigenvalue weighted by Gasteiger charge is -2.28. The minimum Gasteiger partial charge on any atom is -0.508 e. The molecule has 3 aromatic rings. The van der Waals surface area contributed by atoms with Crippen molar-refractivity contribution in [2.24, 2.45) is 0 Å². The summed E-state index contributed by atoms with van der Waals surface area (Å²) in [6.07, 6.45) is 2.58. The normalized spacial score (nSPS) is 14.1. The van der Waals surface area contributed by atoms with E-state index in [0.29, 0.717) is 30.2 Å². The number of phenolic OH excluding ortho intramolecular Hbond substituents is 3. The van der Waals surface area contributed by atoms with Gasteiger partial charge in [-0.25, -0.2) is 9.97 Å². The van der Waals surface area contributed by atoms with E-state index < -0.39 is 0 Å². The lowest BCUT2D eigenvalue weighted by atomic mass is 10.0. The lowest BCUT2D eigenvalue weighted by Crippen LogP contribution is -2.31. The molecule has 5 N–H and O–H groups in total. The van der Waals surface area contributed by atoms with E-state index in [-0.39, 0.29) is 17.2 Å². The Kier molecular flexibility index (Phi) is 4.29. The highest BCUT2D eigenvalue weighted by atomic mass is 16.3. The molecule has 7 nitrogen and oxygen atoms in total. The van der Waals surface area contributed by atoms with E-state index in [2.05, 4.69) is 9.88 Å². The zero-order valence-corrected chi connectivity index (χ0v) is 14.6. The molecule has 1 aliphatic rings. The van der Waals surface area contributed by atoms with Gasteiger partial charge in [-0.2, -0.15) is 0 Å². The van der Waals surface area contributed by atoms with E-state index in [1.165, 1.54) is 12.1 Å². The van der Waals surface area contributed by atoms with Crippen LogP contribution >= 0.6 is 0 Å². The number of phenols is 3. The Morgan fingerprint density at radius 2 is 1.74 bits per heavy atom. The number of nitrogens with zero attached hydrogens (tertiary/aromatic N) is 3. The first-order valence-corrected chi connectivity index (χ1v) is 8.66. The predicted octanol–water partition coefficient (Wildman–Crippen LogP) is 2.40. The molecule has 7 heteroatoms. The van der Waals surface area contributed by atoms with Crippen molar-refractivity contribution in [3.63, 3.8) is 0 Å². The van der Waals surface area contributed by atoms with E-state index in [1.54, 1.807) is 0 Å². The first-order chi connectivity index (χ1) is 13.0. The number of nitrogen functional groups attached to an aromatic ring is 1. The molecule has 4 rings (SSSR count). The highest BCUT2D eigenvalue weighted by Crippen LogP contribution is 2.34. The molecule has 1 aromatic heterocycles.